The molecule has 1 aromatic heterocycles. The Hall–Kier alpha value is -2.00. The Labute approximate surface area is 192 Å². The molecule has 2 heterocycles. The van der Waals surface area contributed by atoms with E-state index in [1.807, 2.05) is 19.2 Å². The van der Waals surface area contributed by atoms with Crippen LogP contribution in [0.15, 0.2) is 29.6 Å². The SMILES string of the molecule is CC1CN(Cc2csc(NC(=O)C(NC(=O)c3ccc(Cl)cc3)C(C)C)n2)CC(C)O1. The molecular weight excluding hydrogens is 436 g/mol. The predicted molar refractivity (Wildman–Crippen MR) is 124 cm³/mol. The van der Waals surface area contributed by atoms with Crippen LogP contribution in [0.2, 0.25) is 5.02 Å². The van der Waals surface area contributed by atoms with Crippen molar-refractivity contribution in [3.63, 3.8) is 0 Å². The van der Waals surface area contributed by atoms with Gasteiger partial charge in [0.2, 0.25) is 5.91 Å². The number of morpholine rings is 1. The van der Waals surface area contributed by atoms with E-state index in [1.165, 1.54) is 11.3 Å². The van der Waals surface area contributed by atoms with Crippen LogP contribution in [0.5, 0.6) is 0 Å². The molecule has 31 heavy (non-hydrogen) atoms. The third-order valence-electron chi connectivity index (χ3n) is 5.00. The summed E-state index contributed by atoms with van der Waals surface area (Å²) in [5, 5.41) is 8.70. The standard InChI is InChI=1S/C22H29ClN4O3S/c1-13(2)19(25-20(28)16-5-7-17(23)8-6-16)21(29)26-22-24-18(12-31-22)11-27-9-14(3)30-15(4)10-27/h5-8,12-15,19H,9-11H2,1-4H3,(H,25,28)(H,24,26,29). The van der Waals surface area contributed by atoms with E-state index in [0.29, 0.717) is 22.3 Å². The molecule has 0 aliphatic carbocycles. The highest BCUT2D eigenvalue weighted by atomic mass is 35.5. The van der Waals surface area contributed by atoms with Crippen LogP contribution >= 0.6 is 22.9 Å². The highest BCUT2D eigenvalue weighted by molar-refractivity contribution is 7.13. The largest absolute Gasteiger partial charge is 0.373 e. The molecule has 0 radical (unpaired) electrons. The smallest absolute Gasteiger partial charge is 0.251 e. The molecular formula is C22H29ClN4O3S. The van der Waals surface area contributed by atoms with Crippen molar-refractivity contribution in [2.75, 3.05) is 18.4 Å². The molecule has 1 fully saturated rings. The fraction of sp³-hybridized carbons (Fsp3) is 0.500. The van der Waals surface area contributed by atoms with Gasteiger partial charge in [0.05, 0.1) is 17.9 Å². The summed E-state index contributed by atoms with van der Waals surface area (Å²) in [7, 11) is 0. The van der Waals surface area contributed by atoms with Gasteiger partial charge in [-0.25, -0.2) is 4.98 Å². The van der Waals surface area contributed by atoms with Gasteiger partial charge in [0, 0.05) is 35.6 Å². The first kappa shape index (κ1) is 23.7. The Morgan fingerprint density at radius 3 is 2.48 bits per heavy atom. The number of ether oxygens (including phenoxy) is 1. The minimum absolute atomic E-state index is 0.0907. The fourth-order valence-electron chi connectivity index (χ4n) is 3.62. The number of thiazole rings is 1. The van der Waals surface area contributed by atoms with E-state index in [4.69, 9.17) is 16.3 Å². The lowest BCUT2D eigenvalue weighted by Crippen LogP contribution is -2.47. The Balaban J connectivity index is 1.59. The second-order valence-electron chi connectivity index (χ2n) is 8.29. The van der Waals surface area contributed by atoms with Crippen LogP contribution in [0.4, 0.5) is 5.13 Å². The van der Waals surface area contributed by atoms with E-state index in [0.717, 1.165) is 18.8 Å². The molecule has 3 unspecified atom stereocenters. The van der Waals surface area contributed by atoms with Crippen molar-refractivity contribution in [1.29, 1.82) is 0 Å². The lowest BCUT2D eigenvalue weighted by Gasteiger charge is -2.34. The van der Waals surface area contributed by atoms with Gasteiger partial charge in [0.15, 0.2) is 5.13 Å². The van der Waals surface area contributed by atoms with Gasteiger partial charge < -0.3 is 15.4 Å². The summed E-state index contributed by atoms with van der Waals surface area (Å²) in [6.07, 6.45) is 0.384. The summed E-state index contributed by atoms with van der Waals surface area (Å²) < 4.78 is 5.77. The number of rotatable bonds is 7. The minimum Gasteiger partial charge on any atom is -0.373 e. The molecule has 0 spiro atoms. The van der Waals surface area contributed by atoms with Crippen molar-refractivity contribution in [2.24, 2.45) is 5.92 Å². The van der Waals surface area contributed by atoms with Crippen LogP contribution in [0.3, 0.4) is 0 Å². The third-order valence-corrected chi connectivity index (χ3v) is 6.06. The molecule has 3 rings (SSSR count). The molecule has 0 bridgehead atoms. The molecule has 1 saturated heterocycles. The number of nitrogens with one attached hydrogen (secondary N) is 2. The van der Waals surface area contributed by atoms with Crippen LogP contribution in [-0.2, 0) is 16.1 Å². The van der Waals surface area contributed by atoms with Crippen LogP contribution in [-0.4, -0.2) is 53.0 Å². The predicted octanol–water partition coefficient (Wildman–Crippen LogP) is 3.80. The number of aromatic nitrogens is 1. The number of hydrogen-bond acceptors (Lipinski definition) is 6. The van der Waals surface area contributed by atoms with E-state index in [2.05, 4.69) is 34.4 Å². The first-order chi connectivity index (χ1) is 14.7. The number of hydrogen-bond donors (Lipinski definition) is 2. The Kier molecular flexibility index (Phi) is 8.05. The van der Waals surface area contributed by atoms with Crippen LogP contribution < -0.4 is 10.6 Å². The highest BCUT2D eigenvalue weighted by Crippen LogP contribution is 2.20. The number of anilines is 1. The summed E-state index contributed by atoms with van der Waals surface area (Å²) >= 11 is 7.27. The van der Waals surface area contributed by atoms with Gasteiger partial charge in [-0.05, 0) is 44.0 Å². The van der Waals surface area contributed by atoms with Crippen LogP contribution in [0.1, 0.15) is 43.7 Å². The molecule has 1 aliphatic heterocycles. The minimum atomic E-state index is -0.684. The van der Waals surface area contributed by atoms with Gasteiger partial charge >= 0.3 is 0 Å². The fourth-order valence-corrected chi connectivity index (χ4v) is 4.45. The number of benzene rings is 1. The van der Waals surface area contributed by atoms with E-state index >= 15 is 0 Å². The zero-order valence-corrected chi connectivity index (χ0v) is 19.8. The molecule has 1 aromatic carbocycles. The van der Waals surface area contributed by atoms with E-state index in [-0.39, 0.29) is 29.9 Å². The maximum Gasteiger partial charge on any atom is 0.251 e. The summed E-state index contributed by atoms with van der Waals surface area (Å²) in [5.74, 6) is -0.695. The Morgan fingerprint density at radius 2 is 1.87 bits per heavy atom. The van der Waals surface area contributed by atoms with Gasteiger partial charge in [-0.2, -0.15) is 0 Å². The molecule has 2 aromatic rings. The maximum absolute atomic E-state index is 12.9. The number of halogens is 1. The molecule has 1 aliphatic rings. The number of nitrogens with zero attached hydrogens (tertiary/aromatic N) is 2. The Bertz CT molecular complexity index is 892. The van der Waals surface area contributed by atoms with Crippen molar-refractivity contribution in [1.82, 2.24) is 15.2 Å². The Morgan fingerprint density at radius 1 is 1.23 bits per heavy atom. The average molecular weight is 465 g/mol. The first-order valence-electron chi connectivity index (χ1n) is 10.4. The molecule has 3 atom stereocenters. The van der Waals surface area contributed by atoms with Crippen molar-refractivity contribution < 1.29 is 14.3 Å². The number of amides is 2. The average Bonchev–Trinajstić information content (AvgIpc) is 3.11. The summed E-state index contributed by atoms with van der Waals surface area (Å²) in [6, 6.07) is 5.87. The quantitative estimate of drug-likeness (QED) is 0.651. The van der Waals surface area contributed by atoms with Crippen molar-refractivity contribution in [3.05, 3.63) is 45.9 Å². The topological polar surface area (TPSA) is 83.6 Å². The third kappa shape index (κ3) is 6.74. The van der Waals surface area contributed by atoms with Crippen LogP contribution in [0, 0.1) is 5.92 Å². The zero-order valence-electron chi connectivity index (χ0n) is 18.2. The lowest BCUT2D eigenvalue weighted by atomic mass is 10.0. The maximum atomic E-state index is 12.9. The lowest BCUT2D eigenvalue weighted by molar-refractivity contribution is -0.118. The van der Waals surface area contributed by atoms with E-state index in [9.17, 15) is 9.59 Å². The molecule has 0 saturated carbocycles. The van der Waals surface area contributed by atoms with Crippen LogP contribution in [0.25, 0.3) is 0 Å². The zero-order chi connectivity index (χ0) is 22.5. The molecule has 7 nitrogen and oxygen atoms in total. The normalized spacial score (nSPS) is 20.5. The molecule has 2 amide bonds. The number of carbonyl (C=O) groups is 2. The van der Waals surface area contributed by atoms with Gasteiger partial charge in [0.1, 0.15) is 6.04 Å². The van der Waals surface area contributed by atoms with Crippen molar-refractivity contribution in [2.45, 2.75) is 52.5 Å². The summed E-state index contributed by atoms with van der Waals surface area (Å²) in [5.41, 5.74) is 1.36. The summed E-state index contributed by atoms with van der Waals surface area (Å²) in [4.78, 5) is 32.3. The van der Waals surface area contributed by atoms with Gasteiger partial charge in [0.25, 0.3) is 5.91 Å². The van der Waals surface area contributed by atoms with Crippen molar-refractivity contribution >= 4 is 39.9 Å². The highest BCUT2D eigenvalue weighted by Gasteiger charge is 2.26. The summed E-state index contributed by atoms with van der Waals surface area (Å²) in [6.45, 7) is 10.3. The monoisotopic (exact) mass is 464 g/mol. The molecule has 9 heteroatoms. The second kappa shape index (κ2) is 10.5. The van der Waals surface area contributed by atoms with Gasteiger partial charge in [-0.1, -0.05) is 25.4 Å². The molecule has 168 valence electrons. The van der Waals surface area contributed by atoms with Gasteiger partial charge in [-0.15, -0.1) is 11.3 Å². The molecule has 2 N–H and O–H groups in total. The van der Waals surface area contributed by atoms with Gasteiger partial charge in [-0.3, -0.25) is 14.5 Å². The van der Waals surface area contributed by atoms with Crippen molar-refractivity contribution in [3.8, 4) is 0 Å². The van der Waals surface area contributed by atoms with E-state index in [1.54, 1.807) is 24.3 Å². The number of carbonyl (C=O) groups excluding carboxylic acids is 2. The van der Waals surface area contributed by atoms with E-state index < -0.39 is 6.04 Å². The second-order valence-corrected chi connectivity index (χ2v) is 9.58. The first-order valence-corrected chi connectivity index (χ1v) is 11.7.